The van der Waals surface area contributed by atoms with E-state index in [0.29, 0.717) is 5.02 Å². The van der Waals surface area contributed by atoms with Gasteiger partial charge in [0, 0.05) is 22.4 Å². The molecule has 1 aromatic carbocycles. The first-order chi connectivity index (χ1) is 8.85. The van der Waals surface area contributed by atoms with Gasteiger partial charge in [0.2, 0.25) is 0 Å². The molecule has 1 heterocycles. The SMILES string of the molecule is O=C(CC1C=CS(=O)(=O)C1)Oc1cc(Cl)ccc1Cl. The first-order valence-electron chi connectivity index (χ1n) is 5.42. The van der Waals surface area contributed by atoms with Crippen LogP contribution in [0.1, 0.15) is 6.42 Å². The van der Waals surface area contributed by atoms with Crippen LogP contribution in [0.3, 0.4) is 0 Å². The highest BCUT2D eigenvalue weighted by Gasteiger charge is 2.24. The monoisotopic (exact) mass is 320 g/mol. The summed E-state index contributed by atoms with van der Waals surface area (Å²) in [7, 11) is -3.16. The molecule has 7 heteroatoms. The quantitative estimate of drug-likeness (QED) is 0.634. The van der Waals surface area contributed by atoms with E-state index >= 15 is 0 Å². The van der Waals surface area contributed by atoms with E-state index in [1.165, 1.54) is 18.2 Å². The van der Waals surface area contributed by atoms with Crippen LogP contribution in [0, 0.1) is 5.92 Å². The molecule has 19 heavy (non-hydrogen) atoms. The van der Waals surface area contributed by atoms with E-state index < -0.39 is 15.8 Å². The Labute approximate surface area is 120 Å². The van der Waals surface area contributed by atoms with Gasteiger partial charge in [-0.1, -0.05) is 29.3 Å². The van der Waals surface area contributed by atoms with Gasteiger partial charge in [-0.05, 0) is 12.1 Å². The predicted octanol–water partition coefficient (Wildman–Crippen LogP) is 2.85. The summed E-state index contributed by atoms with van der Waals surface area (Å²) in [6, 6.07) is 4.53. The number of esters is 1. The lowest BCUT2D eigenvalue weighted by Crippen LogP contribution is -2.15. The highest BCUT2D eigenvalue weighted by atomic mass is 35.5. The number of hydrogen-bond acceptors (Lipinski definition) is 4. The maximum absolute atomic E-state index is 11.7. The first-order valence-corrected chi connectivity index (χ1v) is 7.89. The van der Waals surface area contributed by atoms with Crippen LogP contribution in [0.15, 0.2) is 29.7 Å². The maximum Gasteiger partial charge on any atom is 0.311 e. The number of carbonyl (C=O) groups excluding carboxylic acids is 1. The molecule has 1 atom stereocenters. The van der Waals surface area contributed by atoms with E-state index in [1.54, 1.807) is 6.07 Å². The molecule has 0 amide bonds. The summed E-state index contributed by atoms with van der Waals surface area (Å²) in [6.45, 7) is 0. The van der Waals surface area contributed by atoms with Crippen molar-refractivity contribution in [2.24, 2.45) is 5.92 Å². The van der Waals surface area contributed by atoms with Crippen LogP contribution < -0.4 is 4.74 Å². The molecule has 1 unspecified atom stereocenters. The third-order valence-electron chi connectivity index (χ3n) is 2.55. The van der Waals surface area contributed by atoms with Gasteiger partial charge in [-0.25, -0.2) is 8.42 Å². The first kappa shape index (κ1) is 14.4. The van der Waals surface area contributed by atoms with Crippen molar-refractivity contribution in [2.75, 3.05) is 5.75 Å². The van der Waals surface area contributed by atoms with Crippen LogP contribution in [-0.4, -0.2) is 20.1 Å². The molecule has 0 aliphatic carbocycles. The topological polar surface area (TPSA) is 60.4 Å². The lowest BCUT2D eigenvalue weighted by Gasteiger charge is -2.08. The van der Waals surface area contributed by atoms with Crippen LogP contribution in [0.5, 0.6) is 5.75 Å². The van der Waals surface area contributed by atoms with Crippen molar-refractivity contribution >= 4 is 39.0 Å². The van der Waals surface area contributed by atoms with Gasteiger partial charge in [0.1, 0.15) is 0 Å². The van der Waals surface area contributed by atoms with Crippen LogP contribution in [-0.2, 0) is 14.6 Å². The van der Waals surface area contributed by atoms with E-state index in [0.717, 1.165) is 5.41 Å². The number of benzene rings is 1. The van der Waals surface area contributed by atoms with Crippen molar-refractivity contribution in [3.8, 4) is 5.75 Å². The van der Waals surface area contributed by atoms with Crippen LogP contribution in [0.25, 0.3) is 0 Å². The summed E-state index contributed by atoms with van der Waals surface area (Å²) in [5.74, 6) is -0.791. The molecule has 0 spiro atoms. The van der Waals surface area contributed by atoms with Crippen LogP contribution in [0.2, 0.25) is 10.0 Å². The van der Waals surface area contributed by atoms with Crippen molar-refractivity contribution in [2.45, 2.75) is 6.42 Å². The molecule has 0 radical (unpaired) electrons. The molecule has 0 N–H and O–H groups in total. The second-order valence-electron chi connectivity index (χ2n) is 4.17. The maximum atomic E-state index is 11.7. The molecule has 2 rings (SSSR count). The smallest absolute Gasteiger partial charge is 0.311 e. The van der Waals surface area contributed by atoms with E-state index in [2.05, 4.69) is 0 Å². The van der Waals surface area contributed by atoms with E-state index in [-0.39, 0.29) is 28.9 Å². The zero-order valence-corrected chi connectivity index (χ0v) is 12.0. The Hall–Kier alpha value is -1.04. The summed E-state index contributed by atoms with van der Waals surface area (Å²) in [5.41, 5.74) is 0. The van der Waals surface area contributed by atoms with Gasteiger partial charge < -0.3 is 4.74 Å². The van der Waals surface area contributed by atoms with Gasteiger partial charge in [0.25, 0.3) is 0 Å². The zero-order chi connectivity index (χ0) is 14.0. The number of ether oxygens (including phenoxy) is 1. The second-order valence-corrected chi connectivity index (χ2v) is 6.95. The normalized spacial score (nSPS) is 20.4. The number of carbonyl (C=O) groups is 1. The molecule has 4 nitrogen and oxygen atoms in total. The lowest BCUT2D eigenvalue weighted by molar-refractivity contribution is -0.134. The van der Waals surface area contributed by atoms with Crippen molar-refractivity contribution in [1.29, 1.82) is 0 Å². The Kier molecular flexibility index (Phi) is 4.18. The fraction of sp³-hybridized carbons (Fsp3) is 0.250. The summed E-state index contributed by atoms with van der Waals surface area (Å²) < 4.78 is 27.5. The van der Waals surface area contributed by atoms with Crippen LogP contribution >= 0.6 is 23.2 Å². The third-order valence-corrected chi connectivity index (χ3v) is 4.56. The fourth-order valence-corrected chi connectivity index (χ4v) is 3.42. The molecular weight excluding hydrogens is 311 g/mol. The zero-order valence-electron chi connectivity index (χ0n) is 9.68. The number of sulfone groups is 1. The minimum Gasteiger partial charge on any atom is -0.425 e. The summed E-state index contributed by atoms with van der Waals surface area (Å²) in [5, 5.41) is 1.79. The van der Waals surface area contributed by atoms with Crippen molar-refractivity contribution in [1.82, 2.24) is 0 Å². The van der Waals surface area contributed by atoms with Crippen LogP contribution in [0.4, 0.5) is 0 Å². The molecular formula is C12H10Cl2O4S. The molecule has 102 valence electrons. The predicted molar refractivity (Wildman–Crippen MR) is 73.1 cm³/mol. The largest absolute Gasteiger partial charge is 0.425 e. The number of allylic oxidation sites excluding steroid dienone is 1. The number of halogens is 2. The molecule has 1 aliphatic heterocycles. The molecule has 1 aromatic rings. The molecule has 0 saturated heterocycles. The molecule has 1 aliphatic rings. The van der Waals surface area contributed by atoms with E-state index in [4.69, 9.17) is 27.9 Å². The van der Waals surface area contributed by atoms with Gasteiger partial charge in [0.05, 0.1) is 17.2 Å². The third kappa shape index (κ3) is 3.96. The second kappa shape index (κ2) is 5.53. The molecule has 0 bridgehead atoms. The summed E-state index contributed by atoms with van der Waals surface area (Å²) in [4.78, 5) is 11.7. The summed E-state index contributed by atoms with van der Waals surface area (Å²) in [6.07, 6.45) is 1.48. The average molecular weight is 321 g/mol. The molecule has 0 fully saturated rings. The number of rotatable bonds is 3. The van der Waals surface area contributed by atoms with Gasteiger partial charge in [0.15, 0.2) is 15.6 Å². The number of hydrogen-bond donors (Lipinski definition) is 0. The minimum absolute atomic E-state index is 0.0153. The van der Waals surface area contributed by atoms with E-state index in [1.807, 2.05) is 0 Å². The standard InChI is InChI=1S/C12H10Cl2O4S/c13-9-1-2-10(14)11(6-9)18-12(15)5-8-3-4-19(16,17)7-8/h1-4,6,8H,5,7H2. The Balaban J connectivity index is 1.99. The van der Waals surface area contributed by atoms with Gasteiger partial charge in [-0.2, -0.15) is 0 Å². The van der Waals surface area contributed by atoms with Crippen molar-refractivity contribution in [3.05, 3.63) is 39.7 Å². The van der Waals surface area contributed by atoms with Gasteiger partial charge in [-0.3, -0.25) is 4.79 Å². The highest BCUT2D eigenvalue weighted by molar-refractivity contribution is 7.94. The lowest BCUT2D eigenvalue weighted by atomic mass is 10.1. The van der Waals surface area contributed by atoms with Gasteiger partial charge in [-0.15, -0.1) is 0 Å². The highest BCUT2D eigenvalue weighted by Crippen LogP contribution is 2.28. The molecule has 0 aromatic heterocycles. The summed E-state index contributed by atoms with van der Waals surface area (Å²) >= 11 is 11.6. The Morgan fingerprint density at radius 3 is 2.74 bits per heavy atom. The average Bonchev–Trinajstić information content (AvgIpc) is 2.63. The van der Waals surface area contributed by atoms with Crippen molar-refractivity contribution < 1.29 is 17.9 Å². The van der Waals surface area contributed by atoms with Crippen molar-refractivity contribution in [3.63, 3.8) is 0 Å². The fourth-order valence-electron chi connectivity index (χ4n) is 1.70. The Bertz CT molecular complexity index is 637. The minimum atomic E-state index is -3.16. The van der Waals surface area contributed by atoms with Gasteiger partial charge >= 0.3 is 5.97 Å². The molecule has 0 saturated carbocycles. The van der Waals surface area contributed by atoms with E-state index in [9.17, 15) is 13.2 Å². The Morgan fingerprint density at radius 1 is 1.37 bits per heavy atom. The Morgan fingerprint density at radius 2 is 2.11 bits per heavy atom.